The molecule has 0 atom stereocenters. The van der Waals surface area contributed by atoms with Crippen LogP contribution in [0.15, 0.2) is 133 Å². The first-order valence-corrected chi connectivity index (χ1v) is 11.9. The van der Waals surface area contributed by atoms with Crippen LogP contribution in [-0.4, -0.2) is 0 Å². The molecule has 1 aliphatic heterocycles. The molecule has 0 fully saturated rings. The average Bonchev–Trinajstić information content (AvgIpc) is 2.92. The molecule has 0 aromatic heterocycles. The minimum Gasteiger partial charge on any atom is -0.456 e. The van der Waals surface area contributed by atoms with Gasteiger partial charge < -0.3 is 4.74 Å². The van der Waals surface area contributed by atoms with E-state index in [2.05, 4.69) is 121 Å². The molecule has 35 heavy (non-hydrogen) atoms. The Hall–Kier alpha value is -4.62. The lowest BCUT2D eigenvalue weighted by atomic mass is 9.83. The number of benzene rings is 6. The molecule has 7 rings (SSSR count). The van der Waals surface area contributed by atoms with E-state index < -0.39 is 0 Å². The van der Waals surface area contributed by atoms with E-state index in [9.17, 15) is 0 Å². The van der Waals surface area contributed by atoms with Crippen molar-refractivity contribution in [2.45, 2.75) is 0 Å². The maximum absolute atomic E-state index is 6.34. The standard InChI is InChI=1S/C34H22O/c1-3-11-25-21-27(19-17-23(25)9-1)33(28-20-18-24-10-2-4-12-26(24)22-28)34-29-13-5-7-15-31(29)35-32-16-8-6-14-30(32)34/h1-22H. The van der Waals surface area contributed by atoms with E-state index in [1.165, 1.54) is 43.8 Å². The van der Waals surface area contributed by atoms with E-state index in [0.29, 0.717) is 0 Å². The predicted molar refractivity (Wildman–Crippen MR) is 146 cm³/mol. The molecule has 1 heterocycles. The first kappa shape index (κ1) is 19.8. The second-order valence-corrected chi connectivity index (χ2v) is 8.97. The third-order valence-corrected chi connectivity index (χ3v) is 6.86. The highest BCUT2D eigenvalue weighted by molar-refractivity contribution is 6.09. The fraction of sp³-hybridized carbons (Fsp3) is 0. The zero-order chi connectivity index (χ0) is 23.2. The van der Waals surface area contributed by atoms with Crippen molar-refractivity contribution in [2.24, 2.45) is 0 Å². The molecule has 0 N–H and O–H groups in total. The van der Waals surface area contributed by atoms with Gasteiger partial charge in [0.05, 0.1) is 0 Å². The summed E-state index contributed by atoms with van der Waals surface area (Å²) in [6, 6.07) is 47.4. The van der Waals surface area contributed by atoms with Crippen molar-refractivity contribution >= 4 is 32.7 Å². The van der Waals surface area contributed by atoms with Crippen LogP contribution in [0.4, 0.5) is 0 Å². The average molecular weight is 447 g/mol. The van der Waals surface area contributed by atoms with Gasteiger partial charge in [-0.1, -0.05) is 109 Å². The summed E-state index contributed by atoms with van der Waals surface area (Å²) in [6.45, 7) is 0. The fourth-order valence-corrected chi connectivity index (χ4v) is 5.20. The number of para-hydroxylation sites is 2. The van der Waals surface area contributed by atoms with Gasteiger partial charge in [-0.25, -0.2) is 0 Å². The predicted octanol–water partition coefficient (Wildman–Crippen LogP) is 9.11. The number of fused-ring (bicyclic) bond motifs is 4. The molecule has 164 valence electrons. The molecular weight excluding hydrogens is 424 g/mol. The molecule has 0 radical (unpaired) electrons. The summed E-state index contributed by atoms with van der Waals surface area (Å²) in [4.78, 5) is 0. The van der Waals surface area contributed by atoms with E-state index in [1.54, 1.807) is 0 Å². The van der Waals surface area contributed by atoms with Gasteiger partial charge in [0, 0.05) is 16.7 Å². The van der Waals surface area contributed by atoms with Gasteiger partial charge in [0.2, 0.25) is 0 Å². The van der Waals surface area contributed by atoms with Gasteiger partial charge in [-0.3, -0.25) is 0 Å². The Labute approximate surface area is 204 Å². The number of hydrogen-bond acceptors (Lipinski definition) is 1. The van der Waals surface area contributed by atoms with E-state index in [-0.39, 0.29) is 0 Å². The van der Waals surface area contributed by atoms with Crippen molar-refractivity contribution in [1.29, 1.82) is 0 Å². The minimum absolute atomic E-state index is 0.889. The molecule has 0 aliphatic carbocycles. The molecule has 0 unspecified atom stereocenters. The van der Waals surface area contributed by atoms with Crippen molar-refractivity contribution in [2.75, 3.05) is 0 Å². The van der Waals surface area contributed by atoms with Crippen molar-refractivity contribution in [1.82, 2.24) is 0 Å². The maximum Gasteiger partial charge on any atom is 0.135 e. The van der Waals surface area contributed by atoms with Gasteiger partial charge in [-0.2, -0.15) is 0 Å². The molecule has 1 heteroatoms. The lowest BCUT2D eigenvalue weighted by Crippen LogP contribution is -2.05. The smallest absolute Gasteiger partial charge is 0.135 e. The molecule has 0 saturated carbocycles. The number of rotatable bonds is 2. The summed E-state index contributed by atoms with van der Waals surface area (Å²) < 4.78 is 6.34. The van der Waals surface area contributed by atoms with Crippen LogP contribution in [0, 0.1) is 0 Å². The Morgan fingerprint density at radius 3 is 1.34 bits per heavy atom. The van der Waals surface area contributed by atoms with Crippen LogP contribution >= 0.6 is 0 Å². The van der Waals surface area contributed by atoms with E-state index >= 15 is 0 Å². The molecule has 1 aliphatic rings. The lowest BCUT2D eigenvalue weighted by molar-refractivity contribution is 0.474. The van der Waals surface area contributed by atoms with Gasteiger partial charge in [-0.15, -0.1) is 0 Å². The molecule has 0 amide bonds. The topological polar surface area (TPSA) is 9.23 Å². The Kier molecular flexibility index (Phi) is 4.53. The summed E-state index contributed by atoms with van der Waals surface area (Å²) in [6.07, 6.45) is 0. The van der Waals surface area contributed by atoms with Crippen LogP contribution in [-0.2, 0) is 0 Å². The largest absolute Gasteiger partial charge is 0.456 e. The van der Waals surface area contributed by atoms with Crippen LogP contribution < -0.4 is 4.74 Å². The highest BCUT2D eigenvalue weighted by Crippen LogP contribution is 2.48. The van der Waals surface area contributed by atoms with Crippen LogP contribution in [0.2, 0.25) is 0 Å². The summed E-state index contributed by atoms with van der Waals surface area (Å²) in [7, 11) is 0. The maximum atomic E-state index is 6.34. The third-order valence-electron chi connectivity index (χ3n) is 6.86. The summed E-state index contributed by atoms with van der Waals surface area (Å²) >= 11 is 0. The normalized spacial score (nSPS) is 12.2. The summed E-state index contributed by atoms with van der Waals surface area (Å²) in [5, 5.41) is 4.95. The Balaban J connectivity index is 1.62. The second kappa shape index (κ2) is 8.00. The number of hydrogen-bond donors (Lipinski definition) is 0. The van der Waals surface area contributed by atoms with E-state index in [4.69, 9.17) is 4.74 Å². The summed E-state index contributed by atoms with van der Waals surface area (Å²) in [5.74, 6) is 1.78. The first-order chi connectivity index (χ1) is 17.3. The monoisotopic (exact) mass is 446 g/mol. The highest BCUT2D eigenvalue weighted by atomic mass is 16.5. The van der Waals surface area contributed by atoms with E-state index in [1.807, 2.05) is 12.1 Å². The molecule has 6 aromatic rings. The molecule has 0 bridgehead atoms. The molecule has 0 saturated heterocycles. The van der Waals surface area contributed by atoms with Gasteiger partial charge in [0.15, 0.2) is 0 Å². The van der Waals surface area contributed by atoms with Gasteiger partial charge >= 0.3 is 0 Å². The molecule has 1 nitrogen and oxygen atoms in total. The molecular formula is C34H22O. The van der Waals surface area contributed by atoms with E-state index in [0.717, 1.165) is 22.6 Å². The van der Waals surface area contributed by atoms with Gasteiger partial charge in [0.1, 0.15) is 11.5 Å². The van der Waals surface area contributed by atoms with Crippen LogP contribution in [0.5, 0.6) is 11.5 Å². The third kappa shape index (κ3) is 3.33. The van der Waals surface area contributed by atoms with Crippen LogP contribution in [0.25, 0.3) is 32.7 Å². The second-order valence-electron chi connectivity index (χ2n) is 8.97. The Bertz CT molecular complexity index is 1640. The van der Waals surface area contributed by atoms with Gasteiger partial charge in [0.25, 0.3) is 0 Å². The fourth-order valence-electron chi connectivity index (χ4n) is 5.20. The zero-order valence-electron chi connectivity index (χ0n) is 19.1. The molecule has 6 aromatic carbocycles. The summed E-state index contributed by atoms with van der Waals surface area (Å²) in [5.41, 5.74) is 7.03. The molecule has 0 spiro atoms. The quantitative estimate of drug-likeness (QED) is 0.257. The minimum atomic E-state index is 0.889. The van der Waals surface area contributed by atoms with Gasteiger partial charge in [-0.05, 0) is 62.5 Å². The highest BCUT2D eigenvalue weighted by Gasteiger charge is 2.26. The lowest BCUT2D eigenvalue weighted by Gasteiger charge is -2.26. The zero-order valence-corrected chi connectivity index (χ0v) is 19.1. The van der Waals surface area contributed by atoms with Crippen LogP contribution in [0.3, 0.4) is 0 Å². The van der Waals surface area contributed by atoms with Crippen LogP contribution in [0.1, 0.15) is 22.3 Å². The SMILES string of the molecule is c1ccc2c(c1)Oc1ccccc1C2=C(c1ccc2ccccc2c1)c1ccc2ccccc2c1. The van der Waals surface area contributed by atoms with Crippen molar-refractivity contribution in [3.8, 4) is 11.5 Å². The Morgan fingerprint density at radius 1 is 0.400 bits per heavy atom. The number of ether oxygens (including phenoxy) is 1. The first-order valence-electron chi connectivity index (χ1n) is 11.9. The van der Waals surface area contributed by atoms with Crippen molar-refractivity contribution in [3.63, 3.8) is 0 Å². The van der Waals surface area contributed by atoms with Crippen molar-refractivity contribution < 1.29 is 4.74 Å². The van der Waals surface area contributed by atoms with Crippen molar-refractivity contribution in [3.05, 3.63) is 156 Å². The Morgan fingerprint density at radius 2 is 0.829 bits per heavy atom.